The molecule has 0 unspecified atom stereocenters. The van der Waals surface area contributed by atoms with Gasteiger partial charge in [-0.1, -0.05) is 17.7 Å². The number of nitrogen functional groups attached to an aromatic ring is 1. The molecule has 0 heterocycles. The van der Waals surface area contributed by atoms with Gasteiger partial charge in [0.15, 0.2) is 0 Å². The first-order valence-electron chi connectivity index (χ1n) is 6.30. The predicted molar refractivity (Wildman–Crippen MR) is 94.3 cm³/mol. The second-order valence-electron chi connectivity index (χ2n) is 4.28. The van der Waals surface area contributed by atoms with E-state index in [2.05, 4.69) is 27.9 Å². The van der Waals surface area contributed by atoms with Gasteiger partial charge in [0.1, 0.15) is 0 Å². The highest BCUT2D eigenvalue weighted by atomic mass is 127. The van der Waals surface area contributed by atoms with Crippen LogP contribution in [-0.4, -0.2) is 12.6 Å². The Kier molecular flexibility index (Phi) is 5.30. The Morgan fingerprint density at radius 1 is 1.38 bits per heavy atom. The zero-order chi connectivity index (χ0) is 15.4. The first-order chi connectivity index (χ1) is 10.0. The molecule has 4 nitrogen and oxygen atoms in total. The number of benzene rings is 2. The van der Waals surface area contributed by atoms with E-state index in [9.17, 15) is 4.79 Å². The highest BCUT2D eigenvalue weighted by Crippen LogP contribution is 2.32. The molecular weight excluding hydrogens is 403 g/mol. The fourth-order valence-corrected chi connectivity index (χ4v) is 2.65. The van der Waals surface area contributed by atoms with Gasteiger partial charge in [0.2, 0.25) is 0 Å². The van der Waals surface area contributed by atoms with Gasteiger partial charge in [0.25, 0.3) is 0 Å². The summed E-state index contributed by atoms with van der Waals surface area (Å²) in [6.07, 6.45) is 0. The van der Waals surface area contributed by atoms with Crippen molar-refractivity contribution in [2.45, 2.75) is 6.92 Å². The van der Waals surface area contributed by atoms with Gasteiger partial charge in [-0.3, -0.25) is 0 Å². The summed E-state index contributed by atoms with van der Waals surface area (Å²) in [5.74, 6) is -0.458. The minimum Gasteiger partial charge on any atom is -0.462 e. The molecule has 0 aliphatic heterocycles. The molecular formula is C15H14ClIN2O2. The van der Waals surface area contributed by atoms with Crippen molar-refractivity contribution < 1.29 is 9.53 Å². The lowest BCUT2D eigenvalue weighted by atomic mass is 10.1. The van der Waals surface area contributed by atoms with Gasteiger partial charge in [-0.05, 0) is 59.8 Å². The Morgan fingerprint density at radius 3 is 2.81 bits per heavy atom. The maximum absolute atomic E-state index is 12.0. The van der Waals surface area contributed by atoms with E-state index in [1.807, 2.05) is 24.3 Å². The molecule has 0 radical (unpaired) electrons. The van der Waals surface area contributed by atoms with Gasteiger partial charge in [0, 0.05) is 14.9 Å². The van der Waals surface area contributed by atoms with E-state index in [4.69, 9.17) is 22.1 Å². The highest BCUT2D eigenvalue weighted by Gasteiger charge is 2.17. The fraction of sp³-hybridized carbons (Fsp3) is 0.133. The summed E-state index contributed by atoms with van der Waals surface area (Å²) in [7, 11) is 0. The molecule has 6 heteroatoms. The van der Waals surface area contributed by atoms with E-state index >= 15 is 0 Å². The van der Waals surface area contributed by atoms with E-state index in [0.29, 0.717) is 22.0 Å². The van der Waals surface area contributed by atoms with Crippen LogP contribution in [0.4, 0.5) is 17.1 Å². The lowest BCUT2D eigenvalue weighted by Crippen LogP contribution is -2.09. The Labute approximate surface area is 141 Å². The summed E-state index contributed by atoms with van der Waals surface area (Å²) in [5, 5.41) is 3.53. The van der Waals surface area contributed by atoms with Crippen molar-refractivity contribution in [2.24, 2.45) is 0 Å². The van der Waals surface area contributed by atoms with Crippen molar-refractivity contribution in [3.8, 4) is 0 Å². The number of rotatable bonds is 4. The lowest BCUT2D eigenvalue weighted by molar-refractivity contribution is 0.0527. The maximum Gasteiger partial charge on any atom is 0.340 e. The summed E-state index contributed by atoms with van der Waals surface area (Å²) >= 11 is 8.43. The predicted octanol–water partition coefficient (Wildman–Crippen LogP) is 4.45. The average molecular weight is 417 g/mol. The van der Waals surface area contributed by atoms with E-state index in [1.165, 1.54) is 0 Å². The third kappa shape index (κ3) is 4.01. The Morgan fingerprint density at radius 2 is 2.14 bits per heavy atom. The van der Waals surface area contributed by atoms with Gasteiger partial charge in [-0.15, -0.1) is 0 Å². The number of nitrogens with one attached hydrogen (secondary N) is 1. The number of ether oxygens (including phenoxy) is 1. The largest absolute Gasteiger partial charge is 0.462 e. The summed E-state index contributed by atoms with van der Waals surface area (Å²) < 4.78 is 6.12. The number of anilines is 3. The lowest BCUT2D eigenvalue weighted by Gasteiger charge is -2.14. The standard InChI is InChI=1S/C15H14ClIN2O2/c1-2-21-15(20)12-7-10(18)8-13(16)14(12)19-11-5-3-4-9(17)6-11/h3-8,19H,2,18H2,1H3. The molecule has 0 bridgehead atoms. The van der Waals surface area contributed by atoms with Gasteiger partial charge in [-0.2, -0.15) is 0 Å². The molecule has 21 heavy (non-hydrogen) atoms. The number of esters is 1. The van der Waals surface area contributed by atoms with Gasteiger partial charge >= 0.3 is 5.97 Å². The molecule has 0 fully saturated rings. The van der Waals surface area contributed by atoms with Crippen LogP contribution < -0.4 is 11.1 Å². The smallest absolute Gasteiger partial charge is 0.340 e. The molecule has 0 saturated heterocycles. The quantitative estimate of drug-likeness (QED) is 0.439. The average Bonchev–Trinajstić information content (AvgIpc) is 2.42. The Hall–Kier alpha value is -1.47. The number of carbonyl (C=O) groups is 1. The molecule has 0 aliphatic carbocycles. The molecule has 0 saturated carbocycles. The third-order valence-corrected chi connectivity index (χ3v) is 3.67. The Bertz CT molecular complexity index is 677. The molecule has 0 aromatic heterocycles. The van der Waals surface area contributed by atoms with Crippen LogP contribution in [0.1, 0.15) is 17.3 Å². The van der Waals surface area contributed by atoms with Crippen molar-refractivity contribution in [2.75, 3.05) is 17.7 Å². The third-order valence-electron chi connectivity index (χ3n) is 2.70. The topological polar surface area (TPSA) is 64.3 Å². The molecule has 2 aromatic rings. The second-order valence-corrected chi connectivity index (χ2v) is 5.93. The SMILES string of the molecule is CCOC(=O)c1cc(N)cc(Cl)c1Nc1cccc(I)c1. The van der Waals surface area contributed by atoms with Crippen LogP contribution >= 0.6 is 34.2 Å². The summed E-state index contributed by atoms with van der Waals surface area (Å²) in [6, 6.07) is 10.9. The monoisotopic (exact) mass is 416 g/mol. The number of nitrogens with two attached hydrogens (primary N) is 1. The summed E-state index contributed by atoms with van der Waals surface area (Å²) in [5.41, 5.74) is 7.82. The van der Waals surface area contributed by atoms with E-state index in [1.54, 1.807) is 19.1 Å². The number of halogens is 2. The summed E-state index contributed by atoms with van der Waals surface area (Å²) in [6.45, 7) is 2.03. The Balaban J connectivity index is 2.44. The second kappa shape index (κ2) is 7.00. The molecule has 0 aliphatic rings. The van der Waals surface area contributed by atoms with Crippen molar-refractivity contribution >= 4 is 57.2 Å². The molecule has 2 rings (SSSR count). The van der Waals surface area contributed by atoms with Gasteiger partial charge in [0.05, 0.1) is 22.9 Å². The normalized spacial score (nSPS) is 10.2. The van der Waals surface area contributed by atoms with Crippen LogP contribution in [0.5, 0.6) is 0 Å². The first-order valence-corrected chi connectivity index (χ1v) is 7.75. The molecule has 110 valence electrons. The van der Waals surface area contributed by atoms with Crippen LogP contribution in [0.3, 0.4) is 0 Å². The van der Waals surface area contributed by atoms with Crippen molar-refractivity contribution in [3.05, 3.63) is 50.6 Å². The van der Waals surface area contributed by atoms with Crippen LogP contribution in [0, 0.1) is 3.57 Å². The van der Waals surface area contributed by atoms with Crippen LogP contribution in [0.15, 0.2) is 36.4 Å². The number of hydrogen-bond acceptors (Lipinski definition) is 4. The fourth-order valence-electron chi connectivity index (χ4n) is 1.84. The number of hydrogen-bond donors (Lipinski definition) is 2. The zero-order valence-corrected chi connectivity index (χ0v) is 14.2. The van der Waals surface area contributed by atoms with Crippen LogP contribution in [-0.2, 0) is 4.74 Å². The van der Waals surface area contributed by atoms with E-state index < -0.39 is 5.97 Å². The van der Waals surface area contributed by atoms with Crippen molar-refractivity contribution in [1.82, 2.24) is 0 Å². The molecule has 2 aromatic carbocycles. The van der Waals surface area contributed by atoms with Crippen LogP contribution in [0.25, 0.3) is 0 Å². The van der Waals surface area contributed by atoms with E-state index in [-0.39, 0.29) is 6.61 Å². The molecule has 0 atom stereocenters. The van der Waals surface area contributed by atoms with Crippen LogP contribution in [0.2, 0.25) is 5.02 Å². The van der Waals surface area contributed by atoms with Gasteiger partial charge < -0.3 is 15.8 Å². The number of carbonyl (C=O) groups excluding carboxylic acids is 1. The summed E-state index contributed by atoms with van der Waals surface area (Å²) in [4.78, 5) is 12.0. The maximum atomic E-state index is 12.0. The minimum atomic E-state index is -0.458. The molecule has 0 spiro atoms. The van der Waals surface area contributed by atoms with E-state index in [0.717, 1.165) is 9.26 Å². The van der Waals surface area contributed by atoms with Crippen molar-refractivity contribution in [3.63, 3.8) is 0 Å². The first kappa shape index (κ1) is 15.9. The minimum absolute atomic E-state index is 0.286. The molecule has 0 amide bonds. The van der Waals surface area contributed by atoms with Gasteiger partial charge in [-0.25, -0.2) is 4.79 Å². The molecule has 3 N–H and O–H groups in total. The zero-order valence-electron chi connectivity index (χ0n) is 11.3. The highest BCUT2D eigenvalue weighted by molar-refractivity contribution is 14.1. The van der Waals surface area contributed by atoms with Crippen molar-refractivity contribution in [1.29, 1.82) is 0 Å².